The molecule has 3 aromatic carbocycles. The predicted octanol–water partition coefficient (Wildman–Crippen LogP) is 7.66. The number of rotatable bonds is 15. The highest BCUT2D eigenvalue weighted by Crippen LogP contribution is 2.36. The molecule has 0 saturated heterocycles. The third-order valence-corrected chi connectivity index (χ3v) is 7.90. The molecule has 2 atom stereocenters. The Morgan fingerprint density at radius 2 is 1.56 bits per heavy atom. The van der Waals surface area contributed by atoms with Gasteiger partial charge in [-0.1, -0.05) is 44.2 Å². The number of nitrogens with one attached hydrogen (secondary N) is 1. The first kappa shape index (κ1) is 32.4. The highest BCUT2D eigenvalue weighted by Gasteiger charge is 2.23. The van der Waals surface area contributed by atoms with Crippen LogP contribution in [0.1, 0.15) is 68.4 Å². The van der Waals surface area contributed by atoms with Gasteiger partial charge in [0.25, 0.3) is 0 Å². The summed E-state index contributed by atoms with van der Waals surface area (Å²) < 4.78 is 28.7. The Balaban J connectivity index is 1.74. The van der Waals surface area contributed by atoms with E-state index in [4.69, 9.17) is 23.5 Å². The maximum Gasteiger partial charge on any atom is 0.323 e. The van der Waals surface area contributed by atoms with Crippen molar-refractivity contribution in [1.82, 2.24) is 5.09 Å². The molecule has 41 heavy (non-hydrogen) atoms. The van der Waals surface area contributed by atoms with E-state index in [-0.39, 0.29) is 25.2 Å². The van der Waals surface area contributed by atoms with Crippen molar-refractivity contribution in [1.29, 1.82) is 0 Å². The molecule has 0 fully saturated rings. The second-order valence-corrected chi connectivity index (χ2v) is 12.1. The van der Waals surface area contributed by atoms with Crippen LogP contribution in [0.5, 0.6) is 17.2 Å². The molecule has 7 nitrogen and oxygen atoms in total. The smallest absolute Gasteiger partial charge is 0.323 e. The number of para-hydroxylation sites is 1. The Labute approximate surface area is 246 Å². The summed E-state index contributed by atoms with van der Waals surface area (Å²) in [7, 11) is 0.290. The van der Waals surface area contributed by atoms with E-state index in [0.717, 1.165) is 29.0 Å². The molecule has 8 heteroatoms. The number of benzene rings is 3. The van der Waals surface area contributed by atoms with Crippen LogP contribution in [-0.4, -0.2) is 38.4 Å². The summed E-state index contributed by atoms with van der Waals surface area (Å²) in [4.78, 5) is 12.4. The van der Waals surface area contributed by atoms with E-state index in [1.807, 2.05) is 50.2 Å². The summed E-state index contributed by atoms with van der Waals surface area (Å²) >= 11 is 0. The molecule has 3 rings (SSSR count). The lowest BCUT2D eigenvalue weighted by Gasteiger charge is -2.24. The highest BCUT2D eigenvalue weighted by atomic mass is 31.2. The third kappa shape index (κ3) is 10.0. The van der Waals surface area contributed by atoms with Crippen LogP contribution in [0.4, 0.5) is 0 Å². The van der Waals surface area contributed by atoms with Gasteiger partial charge in [0.05, 0.1) is 6.10 Å². The molecule has 0 heterocycles. The minimum absolute atomic E-state index is 0.187. The first-order valence-corrected chi connectivity index (χ1v) is 15.5. The van der Waals surface area contributed by atoms with Gasteiger partial charge >= 0.3 is 5.97 Å². The fourth-order valence-electron chi connectivity index (χ4n) is 4.37. The van der Waals surface area contributed by atoms with Crippen LogP contribution in [0, 0.1) is 13.8 Å². The van der Waals surface area contributed by atoms with Crippen LogP contribution >= 0.6 is 8.30 Å². The predicted molar refractivity (Wildman–Crippen MR) is 165 cm³/mol. The number of hydrogen-bond donors (Lipinski definition) is 1. The van der Waals surface area contributed by atoms with Crippen LogP contribution in [0.3, 0.4) is 0 Å². The number of aryl methyl sites for hydroxylation is 2. The summed E-state index contributed by atoms with van der Waals surface area (Å²) in [6, 6.07) is 19.5. The van der Waals surface area contributed by atoms with E-state index in [1.165, 1.54) is 16.7 Å². The van der Waals surface area contributed by atoms with Gasteiger partial charge in [0.2, 0.25) is 8.30 Å². The van der Waals surface area contributed by atoms with Gasteiger partial charge in [-0.25, -0.2) is 5.09 Å². The molecule has 0 aliphatic rings. The number of ether oxygens (including phenoxy) is 4. The first-order chi connectivity index (χ1) is 19.6. The van der Waals surface area contributed by atoms with E-state index < -0.39 is 14.3 Å². The van der Waals surface area contributed by atoms with Crippen molar-refractivity contribution in [3.05, 3.63) is 88.5 Å². The second kappa shape index (κ2) is 15.8. The zero-order valence-corrected chi connectivity index (χ0v) is 26.4. The maximum absolute atomic E-state index is 12.4. The molecular formula is C33H44NO6P. The largest absolute Gasteiger partial charge is 0.484 e. The third-order valence-electron chi connectivity index (χ3n) is 6.43. The summed E-state index contributed by atoms with van der Waals surface area (Å²) in [5, 5.41) is 3.27. The molecule has 0 aliphatic heterocycles. The Morgan fingerprint density at radius 1 is 0.878 bits per heavy atom. The van der Waals surface area contributed by atoms with Gasteiger partial charge in [0.15, 0.2) is 13.1 Å². The normalized spacial score (nSPS) is 12.7. The molecule has 0 aromatic heterocycles. The molecule has 0 radical (unpaired) electrons. The van der Waals surface area contributed by atoms with Gasteiger partial charge in [-0.3, -0.25) is 4.79 Å². The van der Waals surface area contributed by atoms with Crippen molar-refractivity contribution in [2.45, 2.75) is 73.0 Å². The standard InChI is InChI=1S/C33H44NO6P/c1-22(2)30-18-27(14-15-32(30)37-20-36-8)19-31-24(5)16-29(17-25(31)6)38-21-41(40-28-12-10-9-11-13-28)34-26(7)33(35)39-23(3)4/h9-18,22-23,26,34H,19-21H2,1-8H3. The molecule has 222 valence electrons. The van der Waals surface area contributed by atoms with Gasteiger partial charge in [-0.2, -0.15) is 0 Å². The number of carbonyl (C=O) groups excluding carboxylic acids is 1. The molecule has 0 bridgehead atoms. The SMILES string of the molecule is COCOc1ccc(Cc2c(C)cc(OCP(NC(C)C(=O)OC(C)C)Oc3ccccc3)cc2C)cc1C(C)C. The van der Waals surface area contributed by atoms with E-state index in [0.29, 0.717) is 11.7 Å². The lowest BCUT2D eigenvalue weighted by atomic mass is 9.93. The molecule has 2 unspecified atom stereocenters. The quantitative estimate of drug-likeness (QED) is 0.112. The van der Waals surface area contributed by atoms with E-state index in [1.54, 1.807) is 14.0 Å². The van der Waals surface area contributed by atoms with Crippen LogP contribution in [0.15, 0.2) is 60.7 Å². The number of hydrogen-bond acceptors (Lipinski definition) is 7. The zero-order valence-electron chi connectivity index (χ0n) is 25.5. The summed E-state index contributed by atoms with van der Waals surface area (Å²) in [5.74, 6) is 2.34. The Hall–Kier alpha value is -3.12. The van der Waals surface area contributed by atoms with E-state index in [9.17, 15) is 4.79 Å². The Bertz CT molecular complexity index is 1240. The van der Waals surface area contributed by atoms with Crippen molar-refractivity contribution < 1.29 is 28.3 Å². The van der Waals surface area contributed by atoms with Gasteiger partial charge in [0, 0.05) is 7.11 Å². The molecule has 0 saturated carbocycles. The summed E-state index contributed by atoms with van der Waals surface area (Å²) in [6.45, 7) is 14.2. The lowest BCUT2D eigenvalue weighted by molar-refractivity contribution is -0.148. The van der Waals surface area contributed by atoms with Gasteiger partial charge < -0.3 is 23.5 Å². The van der Waals surface area contributed by atoms with Crippen LogP contribution < -0.4 is 19.1 Å². The average Bonchev–Trinajstić information content (AvgIpc) is 2.93. The van der Waals surface area contributed by atoms with Crippen molar-refractivity contribution in [3.8, 4) is 17.2 Å². The zero-order chi connectivity index (χ0) is 29.9. The number of methoxy groups -OCH3 is 1. The highest BCUT2D eigenvalue weighted by molar-refractivity contribution is 7.50. The van der Waals surface area contributed by atoms with Crippen molar-refractivity contribution in [2.75, 3.05) is 20.3 Å². The maximum atomic E-state index is 12.4. The molecule has 0 aliphatic carbocycles. The Morgan fingerprint density at radius 3 is 2.17 bits per heavy atom. The van der Waals surface area contributed by atoms with Crippen molar-refractivity contribution in [3.63, 3.8) is 0 Å². The lowest BCUT2D eigenvalue weighted by Crippen LogP contribution is -2.35. The van der Waals surface area contributed by atoms with Gasteiger partial charge in [0.1, 0.15) is 23.3 Å². The molecule has 1 N–H and O–H groups in total. The van der Waals surface area contributed by atoms with E-state index in [2.05, 4.69) is 57.0 Å². The number of esters is 1. The monoisotopic (exact) mass is 581 g/mol. The molecule has 3 aromatic rings. The second-order valence-electron chi connectivity index (χ2n) is 10.7. The summed E-state index contributed by atoms with van der Waals surface area (Å²) in [6.07, 6.45) is 0.888. The summed E-state index contributed by atoms with van der Waals surface area (Å²) in [5.41, 5.74) is 5.97. The van der Waals surface area contributed by atoms with E-state index >= 15 is 0 Å². The average molecular weight is 582 g/mol. The fourth-order valence-corrected chi connectivity index (χ4v) is 5.73. The van der Waals surface area contributed by atoms with Gasteiger partial charge in [-0.05, 0) is 105 Å². The van der Waals surface area contributed by atoms with Crippen LogP contribution in [0.2, 0.25) is 0 Å². The van der Waals surface area contributed by atoms with Crippen molar-refractivity contribution >= 4 is 14.3 Å². The topological polar surface area (TPSA) is 75.2 Å². The molecule has 0 amide bonds. The minimum atomic E-state index is -1.34. The van der Waals surface area contributed by atoms with Gasteiger partial charge in [-0.15, -0.1) is 0 Å². The molecule has 0 spiro atoms. The van der Waals surface area contributed by atoms with Crippen molar-refractivity contribution in [2.24, 2.45) is 0 Å². The van der Waals surface area contributed by atoms with Crippen LogP contribution in [-0.2, 0) is 20.7 Å². The number of carbonyl (C=O) groups is 1. The van der Waals surface area contributed by atoms with Crippen LogP contribution in [0.25, 0.3) is 0 Å². The Kier molecular flexibility index (Phi) is 12.5. The fraction of sp³-hybridized carbons (Fsp3) is 0.424. The minimum Gasteiger partial charge on any atom is -0.484 e. The molecular weight excluding hydrogens is 537 g/mol. The first-order valence-electron chi connectivity index (χ1n) is 14.0.